The summed E-state index contributed by atoms with van der Waals surface area (Å²) in [5.74, 6) is -2.61. The van der Waals surface area contributed by atoms with Crippen LogP contribution in [-0.4, -0.2) is 31.9 Å². The van der Waals surface area contributed by atoms with Crippen molar-refractivity contribution in [2.45, 2.75) is 25.7 Å². The van der Waals surface area contributed by atoms with Crippen molar-refractivity contribution >= 4 is 11.9 Å². The Bertz CT molecular complexity index is 375. The lowest BCUT2D eigenvalue weighted by Crippen LogP contribution is -2.12. The number of carboxylic acid groups (broad SMARTS) is 2. The Labute approximate surface area is 92.5 Å². The molecule has 2 N–H and O–H groups in total. The molecule has 0 saturated heterocycles. The maximum atomic E-state index is 10.6. The molecule has 0 atom stereocenters. The van der Waals surface area contributed by atoms with Gasteiger partial charge in [-0.25, -0.2) is 0 Å². The number of aliphatic carboxylic acids is 2. The van der Waals surface area contributed by atoms with Crippen LogP contribution in [0.25, 0.3) is 0 Å². The van der Waals surface area contributed by atoms with Crippen LogP contribution in [-0.2, 0) is 16.6 Å². The monoisotopic (exact) mass is 226 g/mol. The molecule has 16 heavy (non-hydrogen) atoms. The van der Waals surface area contributed by atoms with E-state index in [-0.39, 0.29) is 12.8 Å². The lowest BCUT2D eigenvalue weighted by Gasteiger charge is -2.08. The van der Waals surface area contributed by atoms with Crippen molar-refractivity contribution in [3.05, 3.63) is 17.5 Å². The molecule has 1 aromatic rings. The summed E-state index contributed by atoms with van der Waals surface area (Å²) in [6.07, 6.45) is -0.439. The van der Waals surface area contributed by atoms with Crippen LogP contribution in [0.15, 0.2) is 6.07 Å². The number of aromatic nitrogens is 2. The van der Waals surface area contributed by atoms with Crippen molar-refractivity contribution in [3.63, 3.8) is 0 Å². The van der Waals surface area contributed by atoms with Gasteiger partial charge in [-0.05, 0) is 13.0 Å². The van der Waals surface area contributed by atoms with E-state index in [0.29, 0.717) is 5.69 Å². The second-order valence-electron chi connectivity index (χ2n) is 3.73. The van der Waals surface area contributed by atoms with E-state index in [9.17, 15) is 9.59 Å². The third kappa shape index (κ3) is 3.08. The van der Waals surface area contributed by atoms with E-state index < -0.39 is 17.9 Å². The number of aryl methyl sites for hydroxylation is 2. The first kappa shape index (κ1) is 12.2. The molecule has 0 unspecified atom stereocenters. The number of carbonyl (C=O) groups is 2. The number of carboxylic acids is 2. The second kappa shape index (κ2) is 4.78. The second-order valence-corrected chi connectivity index (χ2v) is 3.73. The normalized spacial score (nSPS) is 10.7. The Balaban J connectivity index is 2.90. The summed E-state index contributed by atoms with van der Waals surface area (Å²) in [6.45, 7) is 1.83. The van der Waals surface area contributed by atoms with Crippen LogP contribution in [0.4, 0.5) is 0 Å². The molecule has 0 radical (unpaired) electrons. The van der Waals surface area contributed by atoms with Gasteiger partial charge in [0.05, 0.1) is 18.5 Å². The standard InChI is InChI=1S/C10H14N2O4/c1-6-3-8(11-12(6)2)7(4-9(13)14)5-10(15)16/h3,7H,4-5H2,1-2H3,(H,13,14)(H,15,16). The first-order chi connectivity index (χ1) is 7.40. The molecule has 1 rings (SSSR count). The van der Waals surface area contributed by atoms with Gasteiger partial charge in [0, 0.05) is 18.7 Å². The summed E-state index contributed by atoms with van der Waals surface area (Å²) in [5.41, 5.74) is 1.39. The minimum Gasteiger partial charge on any atom is -0.481 e. The summed E-state index contributed by atoms with van der Waals surface area (Å²) < 4.78 is 1.60. The Morgan fingerprint density at radius 2 is 1.88 bits per heavy atom. The zero-order valence-electron chi connectivity index (χ0n) is 9.17. The average molecular weight is 226 g/mol. The van der Waals surface area contributed by atoms with Gasteiger partial charge in [-0.1, -0.05) is 0 Å². The molecule has 1 heterocycles. The maximum Gasteiger partial charge on any atom is 0.304 e. The molecule has 6 heteroatoms. The van der Waals surface area contributed by atoms with Gasteiger partial charge in [-0.2, -0.15) is 5.10 Å². The van der Waals surface area contributed by atoms with E-state index in [0.717, 1.165) is 5.69 Å². The molecule has 1 aromatic heterocycles. The fourth-order valence-corrected chi connectivity index (χ4v) is 1.49. The third-order valence-corrected chi connectivity index (χ3v) is 2.39. The van der Waals surface area contributed by atoms with Crippen molar-refractivity contribution in [3.8, 4) is 0 Å². The molecule has 0 aliphatic rings. The lowest BCUT2D eigenvalue weighted by molar-refractivity contribution is -0.139. The molecule has 0 aliphatic heterocycles. The van der Waals surface area contributed by atoms with Crippen molar-refractivity contribution in [2.24, 2.45) is 7.05 Å². The summed E-state index contributed by atoms with van der Waals surface area (Å²) in [7, 11) is 1.73. The largest absolute Gasteiger partial charge is 0.481 e. The van der Waals surface area contributed by atoms with E-state index >= 15 is 0 Å². The molecule has 0 spiro atoms. The van der Waals surface area contributed by atoms with Gasteiger partial charge in [0.25, 0.3) is 0 Å². The number of hydrogen-bond donors (Lipinski definition) is 2. The molecular formula is C10H14N2O4. The van der Waals surface area contributed by atoms with Crippen LogP contribution in [0, 0.1) is 6.92 Å². The highest BCUT2D eigenvalue weighted by atomic mass is 16.4. The zero-order chi connectivity index (χ0) is 12.3. The Morgan fingerprint density at radius 1 is 1.38 bits per heavy atom. The Kier molecular flexibility index (Phi) is 3.65. The first-order valence-corrected chi connectivity index (χ1v) is 4.84. The van der Waals surface area contributed by atoms with E-state index in [1.54, 1.807) is 17.8 Å². The van der Waals surface area contributed by atoms with E-state index in [1.807, 2.05) is 6.92 Å². The first-order valence-electron chi connectivity index (χ1n) is 4.84. The topological polar surface area (TPSA) is 92.4 Å². The number of nitrogens with zero attached hydrogens (tertiary/aromatic N) is 2. The molecule has 0 amide bonds. The lowest BCUT2D eigenvalue weighted by atomic mass is 9.97. The Hall–Kier alpha value is -1.85. The summed E-state index contributed by atoms with van der Waals surface area (Å²) in [5, 5.41) is 21.5. The molecule has 0 bridgehead atoms. The van der Waals surface area contributed by atoms with Crippen LogP contribution < -0.4 is 0 Å². The highest BCUT2D eigenvalue weighted by molar-refractivity contribution is 5.72. The minimum absolute atomic E-state index is 0.219. The number of rotatable bonds is 5. The predicted octanol–water partition coefficient (Wildman–Crippen LogP) is 0.762. The van der Waals surface area contributed by atoms with Gasteiger partial charge in [-0.3, -0.25) is 14.3 Å². The highest BCUT2D eigenvalue weighted by Gasteiger charge is 2.21. The molecule has 6 nitrogen and oxygen atoms in total. The van der Waals surface area contributed by atoms with Gasteiger partial charge in [0.1, 0.15) is 0 Å². The minimum atomic E-state index is -1.02. The average Bonchev–Trinajstić information content (AvgIpc) is 2.44. The van der Waals surface area contributed by atoms with Gasteiger partial charge in [0.15, 0.2) is 0 Å². The van der Waals surface area contributed by atoms with E-state index in [1.165, 1.54) is 0 Å². The van der Waals surface area contributed by atoms with Crippen molar-refractivity contribution in [1.82, 2.24) is 9.78 Å². The van der Waals surface area contributed by atoms with Crippen LogP contribution in [0.2, 0.25) is 0 Å². The van der Waals surface area contributed by atoms with Gasteiger partial charge >= 0.3 is 11.9 Å². The fourth-order valence-electron chi connectivity index (χ4n) is 1.49. The van der Waals surface area contributed by atoms with Crippen molar-refractivity contribution in [2.75, 3.05) is 0 Å². The molecular weight excluding hydrogens is 212 g/mol. The molecule has 0 aromatic carbocycles. The number of hydrogen-bond acceptors (Lipinski definition) is 3. The van der Waals surface area contributed by atoms with Gasteiger partial charge < -0.3 is 10.2 Å². The maximum absolute atomic E-state index is 10.6. The van der Waals surface area contributed by atoms with Crippen molar-refractivity contribution in [1.29, 1.82) is 0 Å². The summed E-state index contributed by atoms with van der Waals surface area (Å²) in [4.78, 5) is 21.3. The smallest absolute Gasteiger partial charge is 0.304 e. The predicted molar refractivity (Wildman–Crippen MR) is 55.2 cm³/mol. The van der Waals surface area contributed by atoms with Gasteiger partial charge in [0.2, 0.25) is 0 Å². The SMILES string of the molecule is Cc1cc(C(CC(=O)O)CC(=O)O)nn1C. The fraction of sp³-hybridized carbons (Fsp3) is 0.500. The molecule has 0 saturated carbocycles. The van der Waals surface area contributed by atoms with Crippen LogP contribution in [0.5, 0.6) is 0 Å². The van der Waals surface area contributed by atoms with Crippen LogP contribution in [0.3, 0.4) is 0 Å². The zero-order valence-corrected chi connectivity index (χ0v) is 9.17. The quantitative estimate of drug-likeness (QED) is 0.773. The third-order valence-electron chi connectivity index (χ3n) is 2.39. The Morgan fingerprint density at radius 3 is 2.19 bits per heavy atom. The summed E-state index contributed by atoms with van der Waals surface area (Å²) >= 11 is 0. The van der Waals surface area contributed by atoms with Gasteiger partial charge in [-0.15, -0.1) is 0 Å². The summed E-state index contributed by atoms with van der Waals surface area (Å²) in [6, 6.07) is 1.72. The highest BCUT2D eigenvalue weighted by Crippen LogP contribution is 2.22. The van der Waals surface area contributed by atoms with Crippen molar-refractivity contribution < 1.29 is 19.8 Å². The molecule has 0 fully saturated rings. The van der Waals surface area contributed by atoms with Crippen LogP contribution in [0.1, 0.15) is 30.1 Å². The van der Waals surface area contributed by atoms with Crippen LogP contribution >= 0.6 is 0 Å². The molecule has 88 valence electrons. The van der Waals surface area contributed by atoms with E-state index in [4.69, 9.17) is 10.2 Å². The van der Waals surface area contributed by atoms with E-state index in [2.05, 4.69) is 5.10 Å². The molecule has 0 aliphatic carbocycles.